The summed E-state index contributed by atoms with van der Waals surface area (Å²) in [5, 5.41) is 6.37. The van der Waals surface area contributed by atoms with Gasteiger partial charge in [0.1, 0.15) is 17.7 Å². The van der Waals surface area contributed by atoms with Crippen LogP contribution in [0.25, 0.3) is 11.3 Å². The van der Waals surface area contributed by atoms with E-state index in [1.54, 1.807) is 6.07 Å². The first kappa shape index (κ1) is 22.6. The molecule has 2 atom stereocenters. The topological polar surface area (TPSA) is 75.4 Å². The molecule has 0 saturated carbocycles. The van der Waals surface area contributed by atoms with Gasteiger partial charge in [-0.05, 0) is 42.7 Å². The van der Waals surface area contributed by atoms with E-state index in [1.807, 2.05) is 13.8 Å². The maximum absolute atomic E-state index is 15.1. The Bertz CT molecular complexity index is 1180. The molecule has 1 aromatic heterocycles. The second-order valence-electron chi connectivity index (χ2n) is 8.37. The van der Waals surface area contributed by atoms with Gasteiger partial charge in [-0.1, -0.05) is 37.2 Å². The number of rotatable bonds is 5. The molecule has 33 heavy (non-hydrogen) atoms. The number of carbonyl (C=O) groups is 2. The van der Waals surface area contributed by atoms with Crippen LogP contribution in [0.1, 0.15) is 42.4 Å². The van der Waals surface area contributed by atoms with Gasteiger partial charge in [0.2, 0.25) is 23.2 Å². The van der Waals surface area contributed by atoms with E-state index in [4.69, 9.17) is 4.52 Å². The van der Waals surface area contributed by atoms with Crippen molar-refractivity contribution in [3.63, 3.8) is 0 Å². The lowest BCUT2D eigenvalue weighted by Crippen LogP contribution is -2.59. The molecule has 2 amide bonds. The molecule has 0 radical (unpaired) electrons. The average molecular weight is 457 g/mol. The Labute approximate surface area is 188 Å². The number of nitrogens with zero attached hydrogens (tertiary/aromatic N) is 2. The van der Waals surface area contributed by atoms with Gasteiger partial charge in [-0.25, -0.2) is 8.78 Å². The zero-order chi connectivity index (χ0) is 23.7. The summed E-state index contributed by atoms with van der Waals surface area (Å²) in [5.41, 5.74) is -0.163. The molecule has 1 saturated heterocycles. The number of piperazine rings is 1. The first-order chi connectivity index (χ1) is 15.8. The fraction of sp³-hybridized carbons (Fsp3) is 0.292. The quantitative estimate of drug-likeness (QED) is 0.613. The van der Waals surface area contributed by atoms with Gasteiger partial charge in [-0.3, -0.25) is 9.59 Å². The summed E-state index contributed by atoms with van der Waals surface area (Å²) in [4.78, 5) is 27.5. The van der Waals surface area contributed by atoms with E-state index in [0.717, 1.165) is 12.1 Å². The van der Waals surface area contributed by atoms with Gasteiger partial charge in [0.15, 0.2) is 0 Å². The molecular formula is C24H22F3N3O3. The molecule has 2 aromatic carbocycles. The van der Waals surface area contributed by atoms with E-state index < -0.39 is 47.0 Å². The molecule has 0 spiro atoms. The average Bonchev–Trinajstić information content (AvgIpc) is 3.16. The lowest BCUT2D eigenvalue weighted by Gasteiger charge is -2.40. The molecule has 1 fully saturated rings. The molecule has 1 aliphatic rings. The molecule has 2 unspecified atom stereocenters. The zero-order valence-corrected chi connectivity index (χ0v) is 18.0. The van der Waals surface area contributed by atoms with Crippen molar-refractivity contribution in [3.8, 4) is 11.3 Å². The van der Waals surface area contributed by atoms with E-state index in [-0.39, 0.29) is 29.3 Å². The van der Waals surface area contributed by atoms with Crippen LogP contribution in [-0.4, -0.2) is 34.5 Å². The predicted octanol–water partition coefficient (Wildman–Crippen LogP) is 4.49. The van der Waals surface area contributed by atoms with E-state index in [2.05, 4.69) is 10.5 Å². The summed E-state index contributed by atoms with van der Waals surface area (Å²) in [6.45, 7) is 3.71. The van der Waals surface area contributed by atoms with Crippen molar-refractivity contribution in [1.29, 1.82) is 0 Å². The first-order valence-electron chi connectivity index (χ1n) is 10.5. The van der Waals surface area contributed by atoms with Crippen molar-refractivity contribution in [2.75, 3.05) is 6.54 Å². The van der Waals surface area contributed by atoms with Gasteiger partial charge in [-0.2, -0.15) is 4.39 Å². The SMILES string of the molecule is CC(C)CC1C(=O)NC(c2ccccc2F)CN1C(=O)c1noc(-c2ccc(F)cc2)c1F. The molecular weight excluding hydrogens is 435 g/mol. The van der Waals surface area contributed by atoms with Crippen LogP contribution in [-0.2, 0) is 4.79 Å². The molecule has 0 bridgehead atoms. The monoisotopic (exact) mass is 457 g/mol. The Kier molecular flexibility index (Phi) is 6.22. The van der Waals surface area contributed by atoms with Crippen molar-refractivity contribution < 1.29 is 27.3 Å². The molecule has 1 N–H and O–H groups in total. The Morgan fingerprint density at radius 2 is 1.85 bits per heavy atom. The number of carbonyl (C=O) groups excluding carboxylic acids is 2. The second-order valence-corrected chi connectivity index (χ2v) is 8.37. The summed E-state index contributed by atoms with van der Waals surface area (Å²) < 4.78 is 47.8. The maximum atomic E-state index is 15.1. The third kappa shape index (κ3) is 4.48. The largest absolute Gasteiger partial charge is 0.352 e. The van der Waals surface area contributed by atoms with Crippen LogP contribution >= 0.6 is 0 Å². The van der Waals surface area contributed by atoms with Gasteiger partial charge in [0.05, 0.1) is 6.04 Å². The fourth-order valence-corrected chi connectivity index (χ4v) is 3.95. The predicted molar refractivity (Wildman–Crippen MR) is 113 cm³/mol. The third-order valence-corrected chi connectivity index (χ3v) is 5.56. The fourth-order valence-electron chi connectivity index (χ4n) is 3.95. The minimum absolute atomic E-state index is 0.0537. The van der Waals surface area contributed by atoms with E-state index >= 15 is 4.39 Å². The number of amides is 2. The van der Waals surface area contributed by atoms with Crippen molar-refractivity contribution >= 4 is 11.8 Å². The summed E-state index contributed by atoms with van der Waals surface area (Å²) in [5.74, 6) is -3.61. The molecule has 1 aliphatic heterocycles. The Morgan fingerprint density at radius 3 is 2.52 bits per heavy atom. The molecule has 2 heterocycles. The summed E-state index contributed by atoms with van der Waals surface area (Å²) >= 11 is 0. The van der Waals surface area contributed by atoms with Crippen LogP contribution in [0.15, 0.2) is 53.1 Å². The maximum Gasteiger partial charge on any atom is 0.279 e. The normalized spacial score (nSPS) is 18.5. The molecule has 9 heteroatoms. The molecule has 3 aromatic rings. The van der Waals surface area contributed by atoms with Crippen molar-refractivity contribution in [1.82, 2.24) is 15.4 Å². The van der Waals surface area contributed by atoms with Crippen LogP contribution < -0.4 is 5.32 Å². The van der Waals surface area contributed by atoms with Crippen LogP contribution in [0.4, 0.5) is 13.2 Å². The Hall–Kier alpha value is -3.62. The summed E-state index contributed by atoms with van der Waals surface area (Å²) in [7, 11) is 0. The molecule has 6 nitrogen and oxygen atoms in total. The number of aromatic nitrogens is 1. The Balaban J connectivity index is 1.69. The number of halogens is 3. The van der Waals surface area contributed by atoms with Crippen molar-refractivity contribution in [2.24, 2.45) is 5.92 Å². The second kappa shape index (κ2) is 9.09. The summed E-state index contributed by atoms with van der Waals surface area (Å²) in [6, 6.07) is 9.11. The zero-order valence-electron chi connectivity index (χ0n) is 18.0. The highest BCUT2D eigenvalue weighted by molar-refractivity contribution is 5.98. The van der Waals surface area contributed by atoms with Gasteiger partial charge in [0.25, 0.3) is 5.91 Å². The first-order valence-corrected chi connectivity index (χ1v) is 10.5. The highest BCUT2D eigenvalue weighted by Crippen LogP contribution is 2.30. The summed E-state index contributed by atoms with van der Waals surface area (Å²) in [6.07, 6.45) is 0.325. The van der Waals surface area contributed by atoms with Gasteiger partial charge < -0.3 is 14.7 Å². The lowest BCUT2D eigenvalue weighted by molar-refractivity contribution is -0.130. The lowest BCUT2D eigenvalue weighted by atomic mass is 9.95. The molecule has 4 rings (SSSR count). The van der Waals surface area contributed by atoms with Crippen LogP contribution in [0, 0.1) is 23.4 Å². The standard InChI is InChI=1S/C24H22F3N3O3/c1-13(2)11-19-23(31)28-18(16-5-3-4-6-17(16)26)12-30(19)24(32)21-20(27)22(33-29-21)14-7-9-15(25)10-8-14/h3-10,13,18-19H,11-12H2,1-2H3,(H,28,31). The minimum atomic E-state index is -1.01. The van der Waals surface area contributed by atoms with Crippen LogP contribution in [0.2, 0.25) is 0 Å². The number of benzene rings is 2. The Morgan fingerprint density at radius 1 is 1.15 bits per heavy atom. The molecule has 172 valence electrons. The number of hydrogen-bond donors (Lipinski definition) is 1. The van der Waals surface area contributed by atoms with Crippen LogP contribution in [0.3, 0.4) is 0 Å². The van der Waals surface area contributed by atoms with Crippen LogP contribution in [0.5, 0.6) is 0 Å². The smallest absolute Gasteiger partial charge is 0.279 e. The van der Waals surface area contributed by atoms with Gasteiger partial charge in [-0.15, -0.1) is 0 Å². The van der Waals surface area contributed by atoms with Crippen molar-refractivity contribution in [2.45, 2.75) is 32.4 Å². The van der Waals surface area contributed by atoms with Gasteiger partial charge >= 0.3 is 0 Å². The molecule has 0 aliphatic carbocycles. The van der Waals surface area contributed by atoms with E-state index in [9.17, 15) is 18.4 Å². The van der Waals surface area contributed by atoms with Crippen molar-refractivity contribution in [3.05, 3.63) is 77.2 Å². The highest BCUT2D eigenvalue weighted by atomic mass is 19.1. The third-order valence-electron chi connectivity index (χ3n) is 5.56. The minimum Gasteiger partial charge on any atom is -0.352 e. The number of hydrogen-bond acceptors (Lipinski definition) is 4. The van der Waals surface area contributed by atoms with E-state index in [1.165, 1.54) is 35.2 Å². The number of nitrogens with one attached hydrogen (secondary N) is 1. The van der Waals surface area contributed by atoms with E-state index in [0.29, 0.717) is 6.42 Å². The van der Waals surface area contributed by atoms with Gasteiger partial charge in [0, 0.05) is 17.7 Å². The highest BCUT2D eigenvalue weighted by Gasteiger charge is 2.41.